The van der Waals surface area contributed by atoms with Gasteiger partial charge in [-0.3, -0.25) is 4.79 Å². The van der Waals surface area contributed by atoms with Gasteiger partial charge in [-0.25, -0.2) is 0 Å². The van der Waals surface area contributed by atoms with E-state index in [-0.39, 0.29) is 17.5 Å². The van der Waals surface area contributed by atoms with E-state index in [9.17, 15) is 10.1 Å². The second-order valence-electron chi connectivity index (χ2n) is 7.88. The summed E-state index contributed by atoms with van der Waals surface area (Å²) >= 11 is 3.35. The molecule has 1 fully saturated rings. The maximum atomic E-state index is 13.5. The summed E-state index contributed by atoms with van der Waals surface area (Å²) in [5.74, 6) is 1.36. The Morgan fingerprint density at radius 1 is 1.12 bits per heavy atom. The fourth-order valence-electron chi connectivity index (χ4n) is 4.09. The monoisotopic (exact) mass is 478 g/mol. The van der Waals surface area contributed by atoms with Crippen LogP contribution in [0.3, 0.4) is 0 Å². The fraction of sp³-hybridized carbons (Fsp3) is 0.292. The number of nitrogens with zero attached hydrogens (tertiary/aromatic N) is 4. The molecular formula is C24H22N4O3S2. The number of carbonyl (C=O) groups excluding carboxylic acids is 1. The van der Waals surface area contributed by atoms with Crippen LogP contribution in [0.2, 0.25) is 0 Å². The van der Waals surface area contributed by atoms with Crippen molar-refractivity contribution in [3.8, 4) is 17.7 Å². The van der Waals surface area contributed by atoms with Gasteiger partial charge in [0.2, 0.25) is 17.5 Å². The Morgan fingerprint density at radius 2 is 1.82 bits per heavy atom. The average molecular weight is 479 g/mol. The fourth-order valence-corrected chi connectivity index (χ4v) is 5.52. The molecule has 0 atom stereocenters. The van der Waals surface area contributed by atoms with Crippen molar-refractivity contribution in [2.45, 2.75) is 25.9 Å². The zero-order valence-corrected chi connectivity index (χ0v) is 19.5. The number of hydrogen-bond donors (Lipinski definition) is 0. The third kappa shape index (κ3) is 4.72. The Balaban J connectivity index is 1.27. The lowest BCUT2D eigenvalue weighted by molar-refractivity contribution is -0.137. The summed E-state index contributed by atoms with van der Waals surface area (Å²) in [4.78, 5) is 24.1. The number of carbonyl (C=O) groups is 1. The predicted octanol–water partition coefficient (Wildman–Crippen LogP) is 5.37. The molecule has 0 bridgehead atoms. The Morgan fingerprint density at radius 3 is 2.36 bits per heavy atom. The second-order valence-corrected chi connectivity index (χ2v) is 9.94. The van der Waals surface area contributed by atoms with Crippen LogP contribution in [0.25, 0.3) is 11.7 Å². The van der Waals surface area contributed by atoms with Gasteiger partial charge in [-0.05, 0) is 47.9 Å². The van der Waals surface area contributed by atoms with Gasteiger partial charge in [0.25, 0.3) is 5.89 Å². The molecule has 4 aromatic rings. The van der Waals surface area contributed by atoms with Gasteiger partial charge < -0.3 is 18.6 Å². The van der Waals surface area contributed by atoms with Crippen LogP contribution in [-0.2, 0) is 17.9 Å². The summed E-state index contributed by atoms with van der Waals surface area (Å²) in [6, 6.07) is 13.8. The van der Waals surface area contributed by atoms with Crippen LogP contribution in [0.5, 0.6) is 0 Å². The molecule has 0 aliphatic carbocycles. The lowest BCUT2D eigenvalue weighted by atomic mass is 9.95. The van der Waals surface area contributed by atoms with Crippen LogP contribution < -0.4 is 4.90 Å². The van der Waals surface area contributed by atoms with E-state index in [1.165, 1.54) is 9.75 Å². The number of piperidine rings is 1. The van der Waals surface area contributed by atoms with Crippen molar-refractivity contribution < 1.29 is 13.6 Å². The van der Waals surface area contributed by atoms with Crippen LogP contribution in [0, 0.1) is 17.2 Å². The largest absolute Gasteiger partial charge is 0.459 e. The third-order valence-electron chi connectivity index (χ3n) is 5.74. The van der Waals surface area contributed by atoms with Gasteiger partial charge in [0.05, 0.1) is 19.4 Å². The minimum atomic E-state index is -0.0563. The van der Waals surface area contributed by atoms with Crippen molar-refractivity contribution in [3.05, 3.63) is 68.9 Å². The zero-order chi connectivity index (χ0) is 22.6. The van der Waals surface area contributed by atoms with E-state index < -0.39 is 0 Å². The van der Waals surface area contributed by atoms with E-state index >= 15 is 0 Å². The number of furan rings is 1. The van der Waals surface area contributed by atoms with Crippen LogP contribution >= 0.6 is 22.7 Å². The lowest BCUT2D eigenvalue weighted by Crippen LogP contribution is -2.42. The van der Waals surface area contributed by atoms with Gasteiger partial charge in [0.15, 0.2) is 5.76 Å². The van der Waals surface area contributed by atoms with Gasteiger partial charge in [-0.2, -0.15) is 10.2 Å². The van der Waals surface area contributed by atoms with Gasteiger partial charge in [0.1, 0.15) is 6.07 Å². The molecule has 1 aliphatic heterocycles. The number of hydrogen-bond acceptors (Lipinski definition) is 8. The molecule has 33 heavy (non-hydrogen) atoms. The molecule has 0 radical (unpaired) electrons. The zero-order valence-electron chi connectivity index (χ0n) is 17.8. The molecule has 1 saturated heterocycles. The van der Waals surface area contributed by atoms with Crippen molar-refractivity contribution in [3.63, 3.8) is 0 Å². The maximum Gasteiger partial charge on any atom is 0.266 e. The molecule has 0 saturated carbocycles. The Labute approximate surface area is 199 Å². The molecule has 4 aromatic heterocycles. The standard InChI is InChI=1S/C24H22N4O3S2/c25-14-20-24(31-22(26-20)21-6-1-11-30-21)27-9-7-17(8-10-27)23(29)28(15-18-4-2-12-32-18)16-19-5-3-13-33-19/h1-6,11-13,17H,7-10,15-16H2. The van der Waals surface area contributed by atoms with E-state index in [0.29, 0.717) is 56.6 Å². The highest BCUT2D eigenvalue weighted by molar-refractivity contribution is 7.10. The molecule has 5 rings (SSSR count). The minimum Gasteiger partial charge on any atom is -0.459 e. The number of amides is 1. The van der Waals surface area contributed by atoms with Crippen LogP contribution in [0.1, 0.15) is 28.3 Å². The van der Waals surface area contributed by atoms with E-state index in [4.69, 9.17) is 8.83 Å². The van der Waals surface area contributed by atoms with E-state index in [1.807, 2.05) is 32.7 Å². The number of nitriles is 1. The van der Waals surface area contributed by atoms with Gasteiger partial charge in [0, 0.05) is 28.8 Å². The van der Waals surface area contributed by atoms with Crippen molar-refractivity contribution in [1.82, 2.24) is 9.88 Å². The van der Waals surface area contributed by atoms with Crippen LogP contribution in [0.4, 0.5) is 5.88 Å². The van der Waals surface area contributed by atoms with Crippen molar-refractivity contribution >= 4 is 34.5 Å². The minimum absolute atomic E-state index is 0.0563. The summed E-state index contributed by atoms with van der Waals surface area (Å²) in [6.45, 7) is 2.51. The first kappa shape index (κ1) is 21.5. The molecule has 1 aliphatic rings. The Kier molecular flexibility index (Phi) is 6.28. The quantitative estimate of drug-likeness (QED) is 0.355. The number of rotatable bonds is 7. The van der Waals surface area contributed by atoms with Gasteiger partial charge >= 0.3 is 0 Å². The van der Waals surface area contributed by atoms with Crippen LogP contribution in [-0.4, -0.2) is 28.9 Å². The lowest BCUT2D eigenvalue weighted by Gasteiger charge is -2.34. The number of aromatic nitrogens is 1. The van der Waals surface area contributed by atoms with E-state index in [2.05, 4.69) is 23.2 Å². The predicted molar refractivity (Wildman–Crippen MR) is 127 cm³/mol. The molecule has 9 heteroatoms. The summed E-state index contributed by atoms with van der Waals surface area (Å²) < 4.78 is 11.2. The SMILES string of the molecule is N#Cc1nc(-c2ccco2)oc1N1CCC(C(=O)N(Cc2cccs2)Cc2cccs2)CC1. The normalized spacial score (nSPS) is 14.3. The molecule has 0 unspecified atom stereocenters. The topological polar surface area (TPSA) is 86.5 Å². The molecule has 0 spiro atoms. The highest BCUT2D eigenvalue weighted by atomic mass is 32.1. The van der Waals surface area contributed by atoms with E-state index in [1.54, 1.807) is 41.1 Å². The number of thiophene rings is 2. The highest BCUT2D eigenvalue weighted by Gasteiger charge is 2.32. The summed E-state index contributed by atoms with van der Waals surface area (Å²) in [7, 11) is 0. The summed E-state index contributed by atoms with van der Waals surface area (Å²) in [5, 5.41) is 13.6. The van der Waals surface area contributed by atoms with Crippen LogP contribution in [0.15, 0.2) is 62.3 Å². The molecule has 5 heterocycles. The molecule has 168 valence electrons. The van der Waals surface area contributed by atoms with E-state index in [0.717, 1.165) is 0 Å². The second kappa shape index (κ2) is 9.65. The number of oxazole rings is 1. The van der Waals surface area contributed by atoms with Gasteiger partial charge in [-0.1, -0.05) is 12.1 Å². The van der Waals surface area contributed by atoms with Crippen molar-refractivity contribution in [2.75, 3.05) is 18.0 Å². The third-order valence-corrected chi connectivity index (χ3v) is 7.47. The van der Waals surface area contributed by atoms with Crippen molar-refractivity contribution in [2.24, 2.45) is 5.92 Å². The maximum absolute atomic E-state index is 13.5. The summed E-state index contributed by atoms with van der Waals surface area (Å²) in [6.07, 6.45) is 2.94. The Bertz CT molecular complexity index is 1180. The molecule has 0 N–H and O–H groups in total. The molecule has 7 nitrogen and oxygen atoms in total. The molecular weight excluding hydrogens is 456 g/mol. The first-order valence-electron chi connectivity index (χ1n) is 10.7. The number of anilines is 1. The Hall–Kier alpha value is -3.35. The average Bonchev–Trinajstić information content (AvgIpc) is 3.65. The summed E-state index contributed by atoms with van der Waals surface area (Å²) in [5.41, 5.74) is 0.239. The van der Waals surface area contributed by atoms with Gasteiger partial charge in [-0.15, -0.1) is 22.7 Å². The first-order valence-corrected chi connectivity index (χ1v) is 12.5. The molecule has 1 amide bonds. The van der Waals surface area contributed by atoms with Crippen molar-refractivity contribution in [1.29, 1.82) is 5.26 Å². The first-order chi connectivity index (χ1) is 16.2. The molecule has 0 aromatic carbocycles. The highest BCUT2D eigenvalue weighted by Crippen LogP contribution is 2.32. The smallest absolute Gasteiger partial charge is 0.266 e.